The summed E-state index contributed by atoms with van der Waals surface area (Å²) in [7, 11) is 0. The van der Waals surface area contributed by atoms with E-state index in [4.69, 9.17) is 5.73 Å². The number of fused-ring (bicyclic) bond motifs is 1. The highest BCUT2D eigenvalue weighted by Gasteiger charge is 2.22. The molecule has 0 saturated heterocycles. The molecule has 0 saturated carbocycles. The second kappa shape index (κ2) is 5.92. The van der Waals surface area contributed by atoms with Crippen LogP contribution < -0.4 is 5.73 Å². The summed E-state index contributed by atoms with van der Waals surface area (Å²) in [5, 5.41) is 0. The summed E-state index contributed by atoms with van der Waals surface area (Å²) < 4.78 is 0. The summed E-state index contributed by atoms with van der Waals surface area (Å²) >= 11 is 2.00. The zero-order valence-electron chi connectivity index (χ0n) is 10.9. The zero-order valence-corrected chi connectivity index (χ0v) is 11.7. The highest BCUT2D eigenvalue weighted by atomic mass is 32.2. The SMILES string of the molecule is CC(C)CC(N)CCC1CSc2ccccc21. The summed E-state index contributed by atoms with van der Waals surface area (Å²) in [5.74, 6) is 2.69. The van der Waals surface area contributed by atoms with E-state index in [9.17, 15) is 0 Å². The molecule has 0 bridgehead atoms. The molecular formula is C15H23NS. The van der Waals surface area contributed by atoms with Gasteiger partial charge in [0.1, 0.15) is 0 Å². The Morgan fingerprint density at radius 2 is 2.12 bits per heavy atom. The van der Waals surface area contributed by atoms with Gasteiger partial charge in [0.2, 0.25) is 0 Å². The fraction of sp³-hybridized carbons (Fsp3) is 0.600. The van der Waals surface area contributed by atoms with E-state index in [2.05, 4.69) is 38.1 Å². The molecule has 2 atom stereocenters. The average Bonchev–Trinajstić information content (AvgIpc) is 2.69. The minimum Gasteiger partial charge on any atom is -0.328 e. The third kappa shape index (κ3) is 3.49. The van der Waals surface area contributed by atoms with Crippen LogP contribution in [0.15, 0.2) is 29.2 Å². The highest BCUT2D eigenvalue weighted by Crippen LogP contribution is 2.41. The van der Waals surface area contributed by atoms with Crippen LogP contribution in [0.5, 0.6) is 0 Å². The summed E-state index contributed by atoms with van der Waals surface area (Å²) in [4.78, 5) is 1.48. The van der Waals surface area contributed by atoms with Crippen molar-refractivity contribution >= 4 is 11.8 Å². The maximum atomic E-state index is 6.17. The quantitative estimate of drug-likeness (QED) is 0.852. The van der Waals surface area contributed by atoms with Crippen molar-refractivity contribution in [3.8, 4) is 0 Å². The fourth-order valence-corrected chi connectivity index (χ4v) is 3.91. The molecule has 0 fully saturated rings. The molecule has 1 aromatic carbocycles. The van der Waals surface area contributed by atoms with E-state index in [-0.39, 0.29) is 0 Å². The van der Waals surface area contributed by atoms with E-state index in [1.807, 2.05) is 11.8 Å². The van der Waals surface area contributed by atoms with E-state index in [1.54, 1.807) is 5.56 Å². The van der Waals surface area contributed by atoms with Gasteiger partial charge in [-0.3, -0.25) is 0 Å². The summed E-state index contributed by atoms with van der Waals surface area (Å²) in [6, 6.07) is 9.21. The van der Waals surface area contributed by atoms with E-state index in [0.29, 0.717) is 6.04 Å². The Labute approximate surface area is 109 Å². The first-order chi connectivity index (χ1) is 8.16. The monoisotopic (exact) mass is 249 g/mol. The minimum absolute atomic E-state index is 0.382. The standard InChI is InChI=1S/C15H23NS/c1-11(2)9-13(16)8-7-12-10-17-15-6-4-3-5-14(12)15/h3-6,11-13H,7-10,16H2,1-2H3. The van der Waals surface area contributed by atoms with Crippen LogP contribution in [-0.2, 0) is 0 Å². The topological polar surface area (TPSA) is 26.0 Å². The van der Waals surface area contributed by atoms with Crippen LogP contribution in [0, 0.1) is 5.92 Å². The molecule has 2 rings (SSSR count). The Bertz CT molecular complexity index is 362. The molecule has 0 aromatic heterocycles. The first-order valence-electron chi connectivity index (χ1n) is 6.64. The Hall–Kier alpha value is -0.470. The van der Waals surface area contributed by atoms with Crippen LogP contribution in [0.3, 0.4) is 0 Å². The van der Waals surface area contributed by atoms with Crippen molar-refractivity contribution in [2.75, 3.05) is 5.75 Å². The van der Waals surface area contributed by atoms with E-state index in [1.165, 1.54) is 17.1 Å². The Kier molecular flexibility index (Phi) is 4.52. The van der Waals surface area contributed by atoms with Gasteiger partial charge in [-0.05, 0) is 42.7 Å². The van der Waals surface area contributed by atoms with Gasteiger partial charge in [-0.2, -0.15) is 0 Å². The normalized spacial score (nSPS) is 20.6. The maximum Gasteiger partial charge on any atom is 0.0107 e. The Balaban J connectivity index is 1.85. The first-order valence-corrected chi connectivity index (χ1v) is 7.62. The molecule has 94 valence electrons. The van der Waals surface area contributed by atoms with Crippen molar-refractivity contribution in [3.05, 3.63) is 29.8 Å². The molecular weight excluding hydrogens is 226 g/mol. The second-order valence-corrected chi connectivity index (χ2v) is 6.57. The molecule has 0 aliphatic carbocycles. The molecule has 2 heteroatoms. The van der Waals surface area contributed by atoms with Gasteiger partial charge in [-0.25, -0.2) is 0 Å². The van der Waals surface area contributed by atoms with Gasteiger partial charge in [0.15, 0.2) is 0 Å². The zero-order chi connectivity index (χ0) is 12.3. The lowest BCUT2D eigenvalue weighted by molar-refractivity contribution is 0.451. The summed E-state index contributed by atoms with van der Waals surface area (Å²) in [5.41, 5.74) is 7.72. The van der Waals surface area contributed by atoms with Gasteiger partial charge < -0.3 is 5.73 Å². The molecule has 0 spiro atoms. The van der Waals surface area contributed by atoms with Gasteiger partial charge in [-0.15, -0.1) is 11.8 Å². The molecule has 17 heavy (non-hydrogen) atoms. The van der Waals surface area contributed by atoms with Gasteiger partial charge in [0.25, 0.3) is 0 Å². The highest BCUT2D eigenvalue weighted by molar-refractivity contribution is 7.99. The first kappa shape index (κ1) is 13.0. The molecule has 1 heterocycles. The van der Waals surface area contributed by atoms with Gasteiger partial charge in [0.05, 0.1) is 0 Å². The molecule has 1 aliphatic rings. The van der Waals surface area contributed by atoms with Gasteiger partial charge in [-0.1, -0.05) is 32.0 Å². The van der Waals surface area contributed by atoms with E-state index < -0.39 is 0 Å². The maximum absolute atomic E-state index is 6.17. The minimum atomic E-state index is 0.382. The van der Waals surface area contributed by atoms with E-state index >= 15 is 0 Å². The number of thioether (sulfide) groups is 1. The lowest BCUT2D eigenvalue weighted by Crippen LogP contribution is -2.22. The predicted molar refractivity (Wildman–Crippen MR) is 76.6 cm³/mol. The molecule has 0 amide bonds. The van der Waals surface area contributed by atoms with Crippen molar-refractivity contribution in [1.82, 2.24) is 0 Å². The smallest absolute Gasteiger partial charge is 0.0107 e. The summed E-state index contributed by atoms with van der Waals surface area (Å²) in [6.45, 7) is 4.50. The number of hydrogen-bond acceptors (Lipinski definition) is 2. The van der Waals surface area contributed by atoms with Crippen LogP contribution in [-0.4, -0.2) is 11.8 Å². The Morgan fingerprint density at radius 3 is 2.88 bits per heavy atom. The lowest BCUT2D eigenvalue weighted by Gasteiger charge is -2.16. The van der Waals surface area contributed by atoms with Crippen LogP contribution in [0.4, 0.5) is 0 Å². The van der Waals surface area contributed by atoms with Crippen LogP contribution >= 0.6 is 11.8 Å². The third-order valence-electron chi connectivity index (χ3n) is 3.46. The Morgan fingerprint density at radius 1 is 1.35 bits per heavy atom. The number of hydrogen-bond donors (Lipinski definition) is 1. The number of nitrogens with two attached hydrogens (primary N) is 1. The summed E-state index contributed by atoms with van der Waals surface area (Å²) in [6.07, 6.45) is 3.57. The van der Waals surface area contributed by atoms with Crippen molar-refractivity contribution in [2.24, 2.45) is 11.7 Å². The van der Waals surface area contributed by atoms with Crippen molar-refractivity contribution < 1.29 is 0 Å². The number of benzene rings is 1. The molecule has 2 unspecified atom stereocenters. The fourth-order valence-electron chi connectivity index (χ4n) is 2.61. The van der Waals surface area contributed by atoms with Crippen LogP contribution in [0.25, 0.3) is 0 Å². The largest absolute Gasteiger partial charge is 0.328 e. The molecule has 2 N–H and O–H groups in total. The third-order valence-corrected chi connectivity index (χ3v) is 4.71. The average molecular weight is 249 g/mol. The molecule has 1 aliphatic heterocycles. The predicted octanol–water partition coefficient (Wildman–Crippen LogP) is 4.03. The van der Waals surface area contributed by atoms with Crippen molar-refractivity contribution in [1.29, 1.82) is 0 Å². The van der Waals surface area contributed by atoms with Gasteiger partial charge in [0, 0.05) is 16.7 Å². The number of rotatable bonds is 5. The molecule has 1 aromatic rings. The van der Waals surface area contributed by atoms with Crippen molar-refractivity contribution in [3.63, 3.8) is 0 Å². The van der Waals surface area contributed by atoms with Crippen LogP contribution in [0.2, 0.25) is 0 Å². The lowest BCUT2D eigenvalue weighted by atomic mass is 9.92. The second-order valence-electron chi connectivity index (χ2n) is 5.51. The molecule has 0 radical (unpaired) electrons. The van der Waals surface area contributed by atoms with Crippen LogP contribution in [0.1, 0.15) is 44.6 Å². The molecule has 1 nitrogen and oxygen atoms in total. The van der Waals surface area contributed by atoms with E-state index in [0.717, 1.165) is 24.7 Å². The van der Waals surface area contributed by atoms with Crippen molar-refractivity contribution in [2.45, 2.75) is 50.0 Å². The van der Waals surface area contributed by atoms with Gasteiger partial charge >= 0.3 is 0 Å².